The minimum atomic E-state index is -4.52. The number of aliphatic hydroxyl groups is 2. The number of aliphatic hydroxyl groups excluding tert-OH is 2. The van der Waals surface area contributed by atoms with Gasteiger partial charge in [-0.1, -0.05) is 120 Å². The van der Waals surface area contributed by atoms with Crippen LogP contribution in [0.15, 0.2) is 48.6 Å². The number of hydrogen-bond donors (Lipinski definition) is 3. The van der Waals surface area contributed by atoms with Crippen LogP contribution in [0.25, 0.3) is 0 Å². The summed E-state index contributed by atoms with van der Waals surface area (Å²) in [5, 5.41) is 18.3. The summed E-state index contributed by atoms with van der Waals surface area (Å²) >= 11 is 0. The Morgan fingerprint density at radius 2 is 1.19 bits per heavy atom. The van der Waals surface area contributed by atoms with Crippen LogP contribution in [0.4, 0.5) is 0 Å². The maximum atomic E-state index is 12.5. The largest absolute Gasteiger partial charge is 0.472 e. The number of carbonyl (C=O) groups excluding carboxylic acids is 1. The predicted octanol–water partition coefficient (Wildman–Crippen LogP) is 9.47. The van der Waals surface area contributed by atoms with E-state index in [-0.39, 0.29) is 19.6 Å². The minimum absolute atomic E-state index is 0.0363. The fourth-order valence-corrected chi connectivity index (χ4v) is 5.43. The van der Waals surface area contributed by atoms with Crippen LogP contribution in [-0.2, 0) is 27.9 Å². The molecule has 0 aromatic rings. The second kappa shape index (κ2) is 35.3. The number of carbonyl (C=O) groups is 1. The summed E-state index contributed by atoms with van der Waals surface area (Å²) in [6.45, 7) is 3.31. The molecule has 0 bridgehead atoms. The van der Waals surface area contributed by atoms with Crippen LogP contribution in [0.3, 0.4) is 0 Å². The zero-order valence-corrected chi connectivity index (χ0v) is 31.1. The summed E-state index contributed by atoms with van der Waals surface area (Å²) < 4.78 is 33.2. The van der Waals surface area contributed by atoms with Crippen molar-refractivity contribution in [2.24, 2.45) is 0 Å². The molecule has 0 radical (unpaired) electrons. The first-order chi connectivity index (χ1) is 23.3. The molecule has 0 rings (SSSR count). The molecule has 48 heavy (non-hydrogen) atoms. The standard InChI is InChI=1S/C38H69O9P/c1-3-5-7-9-11-13-15-17-18-19-20-22-24-26-28-30-38(41)47-37(35-46-48(42,43)45-33-36(40)32-39)34-44-31-29-27-25-23-21-16-14-12-10-8-6-4-2/h5,7,10-13,17-18,36-37,39-40H,3-4,6,8-9,14-16,19-35H2,1-2H3,(H,42,43)/b7-5-,12-10-,13-11-,18-17-. The van der Waals surface area contributed by atoms with Gasteiger partial charge in [0.05, 0.1) is 26.4 Å². The molecule has 280 valence electrons. The minimum Gasteiger partial charge on any atom is -0.457 e. The summed E-state index contributed by atoms with van der Waals surface area (Å²) in [6.07, 6.45) is 36.4. The molecular formula is C38H69O9P. The quantitative estimate of drug-likeness (QED) is 0.0256. The molecule has 0 aromatic carbocycles. The molecule has 0 aromatic heterocycles. The van der Waals surface area contributed by atoms with Crippen LogP contribution in [-0.4, -0.2) is 66.3 Å². The van der Waals surface area contributed by atoms with Crippen molar-refractivity contribution >= 4 is 13.8 Å². The number of rotatable bonds is 35. The SMILES string of the molecule is CC/C=C\C/C=C\C/C=C\CCCCCCCC(=O)OC(COCCCCCCCC/C=C\CCCC)COP(=O)(O)OCC(O)CO. The number of phosphoric acid groups is 1. The lowest BCUT2D eigenvalue weighted by molar-refractivity contribution is -0.154. The molecule has 3 atom stereocenters. The van der Waals surface area contributed by atoms with Crippen LogP contribution >= 0.6 is 7.82 Å². The van der Waals surface area contributed by atoms with E-state index in [2.05, 4.69) is 62.5 Å². The Morgan fingerprint density at radius 1 is 0.667 bits per heavy atom. The van der Waals surface area contributed by atoms with Crippen molar-refractivity contribution in [3.05, 3.63) is 48.6 Å². The van der Waals surface area contributed by atoms with E-state index >= 15 is 0 Å². The molecule has 0 aliphatic carbocycles. The monoisotopic (exact) mass is 700 g/mol. The summed E-state index contributed by atoms with van der Waals surface area (Å²) in [6, 6.07) is 0. The molecule has 0 saturated heterocycles. The van der Waals surface area contributed by atoms with Gasteiger partial charge in [-0.05, 0) is 64.2 Å². The van der Waals surface area contributed by atoms with Crippen molar-refractivity contribution < 1.29 is 43.0 Å². The fourth-order valence-electron chi connectivity index (χ4n) is 4.64. The first-order valence-corrected chi connectivity index (χ1v) is 20.1. The van der Waals surface area contributed by atoms with Gasteiger partial charge in [0.2, 0.25) is 0 Å². The first kappa shape index (κ1) is 46.4. The van der Waals surface area contributed by atoms with Gasteiger partial charge in [0.15, 0.2) is 0 Å². The summed E-state index contributed by atoms with van der Waals surface area (Å²) in [4.78, 5) is 22.4. The van der Waals surface area contributed by atoms with Gasteiger partial charge in [0, 0.05) is 13.0 Å². The van der Waals surface area contributed by atoms with E-state index in [9.17, 15) is 19.4 Å². The number of unbranched alkanes of at least 4 members (excludes halogenated alkanes) is 13. The molecular weight excluding hydrogens is 631 g/mol. The van der Waals surface area contributed by atoms with Gasteiger partial charge in [-0.15, -0.1) is 0 Å². The summed E-state index contributed by atoms with van der Waals surface area (Å²) in [5.41, 5.74) is 0. The average molecular weight is 701 g/mol. The van der Waals surface area contributed by atoms with E-state index in [1.807, 2.05) is 0 Å². The third kappa shape index (κ3) is 34.3. The lowest BCUT2D eigenvalue weighted by atomic mass is 10.1. The normalized spacial score (nSPS) is 14.9. The van der Waals surface area contributed by atoms with Gasteiger partial charge in [0.25, 0.3) is 0 Å². The molecule has 3 N–H and O–H groups in total. The lowest BCUT2D eigenvalue weighted by Crippen LogP contribution is -2.29. The van der Waals surface area contributed by atoms with E-state index < -0.39 is 39.2 Å². The van der Waals surface area contributed by atoms with E-state index in [1.54, 1.807) is 0 Å². The zero-order chi connectivity index (χ0) is 35.4. The Bertz CT molecular complexity index is 887. The highest BCUT2D eigenvalue weighted by molar-refractivity contribution is 7.47. The van der Waals surface area contributed by atoms with Crippen LogP contribution in [0.1, 0.15) is 142 Å². The smallest absolute Gasteiger partial charge is 0.457 e. The van der Waals surface area contributed by atoms with Gasteiger partial charge in [-0.25, -0.2) is 4.57 Å². The number of ether oxygens (including phenoxy) is 2. The molecule has 0 aliphatic heterocycles. The van der Waals surface area contributed by atoms with E-state index in [1.165, 1.54) is 38.5 Å². The average Bonchev–Trinajstić information content (AvgIpc) is 3.07. The second-order valence-electron chi connectivity index (χ2n) is 12.2. The zero-order valence-electron chi connectivity index (χ0n) is 30.2. The fraction of sp³-hybridized carbons (Fsp3) is 0.763. The number of hydrogen-bond acceptors (Lipinski definition) is 8. The van der Waals surface area contributed by atoms with Crippen molar-refractivity contribution in [1.29, 1.82) is 0 Å². The van der Waals surface area contributed by atoms with Crippen molar-refractivity contribution in [3.63, 3.8) is 0 Å². The Kier molecular flexibility index (Phi) is 34.1. The second-order valence-corrected chi connectivity index (χ2v) is 13.7. The third-order valence-corrected chi connectivity index (χ3v) is 8.45. The highest BCUT2D eigenvalue weighted by atomic mass is 31.2. The van der Waals surface area contributed by atoms with Gasteiger partial charge >= 0.3 is 13.8 Å². The van der Waals surface area contributed by atoms with Crippen LogP contribution < -0.4 is 0 Å². The van der Waals surface area contributed by atoms with Gasteiger partial charge < -0.3 is 24.6 Å². The van der Waals surface area contributed by atoms with Crippen LogP contribution in [0.2, 0.25) is 0 Å². The van der Waals surface area contributed by atoms with Crippen molar-refractivity contribution in [1.82, 2.24) is 0 Å². The maximum absolute atomic E-state index is 12.5. The number of phosphoric ester groups is 1. The van der Waals surface area contributed by atoms with Gasteiger partial charge in [-0.3, -0.25) is 13.8 Å². The first-order valence-electron chi connectivity index (χ1n) is 18.6. The molecule has 0 heterocycles. The predicted molar refractivity (Wildman–Crippen MR) is 196 cm³/mol. The molecule has 0 saturated carbocycles. The van der Waals surface area contributed by atoms with Gasteiger partial charge in [0.1, 0.15) is 12.2 Å². The Hall–Kier alpha value is -1.58. The highest BCUT2D eigenvalue weighted by Crippen LogP contribution is 2.43. The third-order valence-electron chi connectivity index (χ3n) is 7.50. The Morgan fingerprint density at radius 3 is 1.81 bits per heavy atom. The molecule has 0 spiro atoms. The molecule has 3 unspecified atom stereocenters. The maximum Gasteiger partial charge on any atom is 0.472 e. The molecule has 0 amide bonds. The van der Waals surface area contributed by atoms with Crippen LogP contribution in [0, 0.1) is 0 Å². The van der Waals surface area contributed by atoms with Gasteiger partial charge in [-0.2, -0.15) is 0 Å². The van der Waals surface area contributed by atoms with Crippen molar-refractivity contribution in [2.75, 3.05) is 33.0 Å². The topological polar surface area (TPSA) is 132 Å². The highest BCUT2D eigenvalue weighted by Gasteiger charge is 2.26. The van der Waals surface area contributed by atoms with E-state index in [0.717, 1.165) is 77.0 Å². The summed E-state index contributed by atoms with van der Waals surface area (Å²) in [5.74, 6) is -0.405. The van der Waals surface area contributed by atoms with E-state index in [4.69, 9.17) is 23.6 Å². The van der Waals surface area contributed by atoms with Crippen molar-refractivity contribution in [2.45, 2.75) is 154 Å². The lowest BCUT2D eigenvalue weighted by Gasteiger charge is -2.20. The molecule has 0 aliphatic rings. The van der Waals surface area contributed by atoms with Crippen LogP contribution in [0.5, 0.6) is 0 Å². The number of allylic oxidation sites excluding steroid dienone is 8. The van der Waals surface area contributed by atoms with E-state index in [0.29, 0.717) is 13.0 Å². The Balaban J connectivity index is 4.29. The van der Waals surface area contributed by atoms with Crippen molar-refractivity contribution in [3.8, 4) is 0 Å². The molecule has 9 nitrogen and oxygen atoms in total. The summed E-state index contributed by atoms with van der Waals surface area (Å²) in [7, 11) is -4.52. The Labute approximate surface area is 292 Å². The number of esters is 1. The molecule has 0 fully saturated rings. The molecule has 10 heteroatoms.